The number of allylic oxidation sites excluding steroid dienone is 2. The van der Waals surface area contributed by atoms with E-state index in [1.165, 1.54) is 6.08 Å². The Morgan fingerprint density at radius 3 is 3.09 bits per heavy atom. The molecule has 0 bridgehead atoms. The lowest BCUT2D eigenvalue weighted by Crippen LogP contribution is -1.79. The first-order valence-electron chi connectivity index (χ1n) is 3.31. The van der Waals surface area contributed by atoms with Crippen molar-refractivity contribution in [2.24, 2.45) is 0 Å². The zero-order valence-electron chi connectivity index (χ0n) is 6.28. The minimum absolute atomic E-state index is 0.945. The van der Waals surface area contributed by atoms with Crippen LogP contribution in [0.4, 0.5) is 0 Å². The highest BCUT2D eigenvalue weighted by Crippen LogP contribution is 2.09. The summed E-state index contributed by atoms with van der Waals surface area (Å²) < 4.78 is 0. The van der Waals surface area contributed by atoms with Gasteiger partial charge in [-0.1, -0.05) is 6.07 Å². The zero-order valence-corrected chi connectivity index (χ0v) is 6.28. The molecule has 0 saturated carbocycles. The van der Waals surface area contributed by atoms with Gasteiger partial charge in [0.1, 0.15) is 0 Å². The molecule has 11 heavy (non-hydrogen) atoms. The Morgan fingerprint density at radius 2 is 2.55 bits per heavy atom. The quantitative estimate of drug-likeness (QED) is 0.565. The Bertz CT molecular complexity index is 293. The van der Waals surface area contributed by atoms with Crippen molar-refractivity contribution in [1.82, 2.24) is 4.98 Å². The minimum Gasteiger partial charge on any atom is -0.264 e. The first kappa shape index (κ1) is 7.49. The molecule has 0 atom stereocenters. The molecule has 0 aliphatic carbocycles. The van der Waals surface area contributed by atoms with Gasteiger partial charge in [-0.05, 0) is 24.1 Å². The van der Waals surface area contributed by atoms with Crippen molar-refractivity contribution in [2.45, 2.75) is 6.92 Å². The predicted octanol–water partition coefficient (Wildman–Crippen LogP) is 2.01. The van der Waals surface area contributed by atoms with Crippen molar-refractivity contribution in [3.05, 3.63) is 36.2 Å². The molecule has 0 aromatic carbocycles. The van der Waals surface area contributed by atoms with E-state index in [0.29, 0.717) is 0 Å². The molecule has 0 aliphatic heterocycles. The van der Waals surface area contributed by atoms with Crippen LogP contribution in [0.5, 0.6) is 0 Å². The molecule has 1 aromatic heterocycles. The van der Waals surface area contributed by atoms with E-state index < -0.39 is 0 Å². The Kier molecular flexibility index (Phi) is 2.40. The van der Waals surface area contributed by atoms with Gasteiger partial charge in [-0.15, -0.1) is 0 Å². The Hall–Kier alpha value is -1.62. The van der Waals surface area contributed by atoms with Gasteiger partial charge in [-0.25, -0.2) is 0 Å². The maximum absolute atomic E-state index is 8.35. The van der Waals surface area contributed by atoms with Crippen molar-refractivity contribution in [3.63, 3.8) is 0 Å². The first-order chi connectivity index (χ1) is 5.34. The molecular weight excluding hydrogens is 136 g/mol. The van der Waals surface area contributed by atoms with Crippen molar-refractivity contribution >= 4 is 5.57 Å². The van der Waals surface area contributed by atoms with Gasteiger partial charge in [0, 0.05) is 18.5 Å². The molecular formula is C9H8N2. The van der Waals surface area contributed by atoms with Crippen LogP contribution in [0.3, 0.4) is 0 Å². The normalized spacial score (nSPS) is 10.7. The van der Waals surface area contributed by atoms with E-state index in [9.17, 15) is 0 Å². The van der Waals surface area contributed by atoms with Crippen LogP contribution in [-0.4, -0.2) is 4.98 Å². The molecule has 0 saturated heterocycles. The lowest BCUT2D eigenvalue weighted by molar-refractivity contribution is 1.30. The van der Waals surface area contributed by atoms with Crippen LogP contribution in [0, 0.1) is 11.3 Å². The summed E-state index contributed by atoms with van der Waals surface area (Å²) in [6, 6.07) is 5.75. The standard InChI is InChI=1S/C9H8N2/c1-8(4-5-10)9-3-2-6-11-7-9/h2-4,6-7H,1H3. The smallest absolute Gasteiger partial charge is 0.0915 e. The number of rotatable bonds is 1. The van der Waals surface area contributed by atoms with Crippen LogP contribution in [0.15, 0.2) is 30.6 Å². The van der Waals surface area contributed by atoms with E-state index in [1.807, 2.05) is 25.1 Å². The molecule has 0 spiro atoms. The highest BCUT2D eigenvalue weighted by Gasteiger charge is 1.91. The van der Waals surface area contributed by atoms with Crippen LogP contribution in [-0.2, 0) is 0 Å². The van der Waals surface area contributed by atoms with Gasteiger partial charge < -0.3 is 0 Å². The molecule has 1 rings (SSSR count). The molecule has 0 radical (unpaired) electrons. The van der Waals surface area contributed by atoms with Crippen molar-refractivity contribution in [3.8, 4) is 6.07 Å². The second-order valence-corrected chi connectivity index (χ2v) is 2.20. The third kappa shape index (κ3) is 1.91. The molecule has 0 fully saturated rings. The summed E-state index contributed by atoms with van der Waals surface area (Å²) in [4.78, 5) is 3.94. The molecule has 1 aromatic rings. The molecule has 0 aliphatic rings. The van der Waals surface area contributed by atoms with Gasteiger partial charge in [0.2, 0.25) is 0 Å². The third-order valence-electron chi connectivity index (χ3n) is 1.40. The summed E-state index contributed by atoms with van der Waals surface area (Å²) >= 11 is 0. The Morgan fingerprint density at radius 1 is 1.73 bits per heavy atom. The lowest BCUT2D eigenvalue weighted by atomic mass is 10.1. The second-order valence-electron chi connectivity index (χ2n) is 2.20. The largest absolute Gasteiger partial charge is 0.264 e. The van der Waals surface area contributed by atoms with E-state index in [0.717, 1.165) is 11.1 Å². The summed E-state index contributed by atoms with van der Waals surface area (Å²) in [7, 11) is 0. The maximum Gasteiger partial charge on any atom is 0.0915 e. The number of aromatic nitrogens is 1. The fourth-order valence-electron chi connectivity index (χ4n) is 0.776. The molecule has 2 nitrogen and oxygen atoms in total. The summed E-state index contributed by atoms with van der Waals surface area (Å²) in [6.45, 7) is 1.89. The van der Waals surface area contributed by atoms with Gasteiger partial charge in [0.25, 0.3) is 0 Å². The molecule has 1 heterocycles. The molecule has 0 unspecified atom stereocenters. The van der Waals surface area contributed by atoms with Crippen molar-refractivity contribution in [2.75, 3.05) is 0 Å². The SMILES string of the molecule is CC(=CC#N)c1cccnc1. The fraction of sp³-hybridized carbons (Fsp3) is 0.111. The monoisotopic (exact) mass is 144 g/mol. The first-order valence-corrected chi connectivity index (χ1v) is 3.31. The van der Waals surface area contributed by atoms with Crippen molar-refractivity contribution < 1.29 is 0 Å². The van der Waals surface area contributed by atoms with Crippen molar-refractivity contribution in [1.29, 1.82) is 5.26 Å². The summed E-state index contributed by atoms with van der Waals surface area (Å²) in [5.74, 6) is 0. The minimum atomic E-state index is 0.945. The number of hydrogen-bond acceptors (Lipinski definition) is 2. The summed E-state index contributed by atoms with van der Waals surface area (Å²) in [5.41, 5.74) is 1.94. The van der Waals surface area contributed by atoms with Gasteiger partial charge in [0.05, 0.1) is 6.07 Å². The highest BCUT2D eigenvalue weighted by molar-refractivity contribution is 5.64. The average molecular weight is 144 g/mol. The summed E-state index contributed by atoms with van der Waals surface area (Å²) in [5, 5.41) is 8.35. The van der Waals surface area contributed by atoms with Crippen LogP contribution in [0.2, 0.25) is 0 Å². The topological polar surface area (TPSA) is 36.7 Å². The van der Waals surface area contributed by atoms with Gasteiger partial charge >= 0.3 is 0 Å². The summed E-state index contributed by atoms with van der Waals surface area (Å²) in [6.07, 6.45) is 4.96. The number of hydrogen-bond donors (Lipinski definition) is 0. The van der Waals surface area contributed by atoms with Crippen LogP contribution in [0.25, 0.3) is 5.57 Å². The van der Waals surface area contributed by atoms with E-state index in [4.69, 9.17) is 5.26 Å². The number of nitrogens with zero attached hydrogens (tertiary/aromatic N) is 2. The fourth-order valence-corrected chi connectivity index (χ4v) is 0.776. The van der Waals surface area contributed by atoms with E-state index in [2.05, 4.69) is 4.98 Å². The average Bonchev–Trinajstić information content (AvgIpc) is 2.07. The highest BCUT2D eigenvalue weighted by atomic mass is 14.6. The van der Waals surface area contributed by atoms with Crippen LogP contribution >= 0.6 is 0 Å². The Balaban J connectivity index is 2.96. The zero-order chi connectivity index (χ0) is 8.10. The van der Waals surface area contributed by atoms with E-state index >= 15 is 0 Å². The van der Waals surface area contributed by atoms with Gasteiger partial charge in [-0.3, -0.25) is 4.98 Å². The number of nitriles is 1. The lowest BCUT2D eigenvalue weighted by Gasteiger charge is -1.95. The van der Waals surface area contributed by atoms with Crippen LogP contribution in [0.1, 0.15) is 12.5 Å². The Labute approximate surface area is 65.8 Å². The van der Waals surface area contributed by atoms with Gasteiger partial charge in [0.15, 0.2) is 0 Å². The molecule has 0 amide bonds. The molecule has 54 valence electrons. The van der Waals surface area contributed by atoms with E-state index in [-0.39, 0.29) is 0 Å². The maximum atomic E-state index is 8.35. The molecule has 0 N–H and O–H groups in total. The van der Waals surface area contributed by atoms with Crippen LogP contribution < -0.4 is 0 Å². The second kappa shape index (κ2) is 3.52. The number of pyridine rings is 1. The third-order valence-corrected chi connectivity index (χ3v) is 1.40. The van der Waals surface area contributed by atoms with Gasteiger partial charge in [-0.2, -0.15) is 5.26 Å². The van der Waals surface area contributed by atoms with E-state index in [1.54, 1.807) is 12.4 Å². The molecule has 2 heteroatoms. The predicted molar refractivity (Wildman–Crippen MR) is 43.5 cm³/mol.